The van der Waals surface area contributed by atoms with Gasteiger partial charge in [0.05, 0.1) is 18.5 Å². The monoisotopic (exact) mass is 479 g/mol. The second-order valence-electron chi connectivity index (χ2n) is 9.69. The van der Waals surface area contributed by atoms with Crippen LogP contribution in [0.15, 0.2) is 23.5 Å². The fourth-order valence-electron chi connectivity index (χ4n) is 5.04. The van der Waals surface area contributed by atoms with E-state index in [1.54, 1.807) is 13.4 Å². The minimum atomic E-state index is 0.0693. The normalized spacial score (nSPS) is 22.9. The fraction of sp³-hybridized carbons (Fsp3) is 0.560. The first-order valence-corrected chi connectivity index (χ1v) is 12.2. The van der Waals surface area contributed by atoms with E-state index in [4.69, 9.17) is 24.4 Å². The number of ether oxygens (including phenoxy) is 2. The van der Waals surface area contributed by atoms with E-state index in [9.17, 15) is 0 Å². The molecule has 4 heterocycles. The fourth-order valence-corrected chi connectivity index (χ4v) is 5.04. The smallest absolute Gasteiger partial charge is 0.245 e. The molecule has 1 atom stereocenters. The van der Waals surface area contributed by atoms with Crippen LogP contribution in [0.2, 0.25) is 0 Å². The topological polar surface area (TPSA) is 99.8 Å². The molecule has 0 saturated heterocycles. The van der Waals surface area contributed by atoms with Crippen LogP contribution < -0.4 is 9.47 Å². The largest absolute Gasteiger partial charge is 0.481 e. The Balaban J connectivity index is 1.33. The lowest BCUT2D eigenvalue weighted by Gasteiger charge is -2.28. The molecule has 0 aromatic carbocycles. The molecule has 0 amide bonds. The maximum absolute atomic E-state index is 6.38. The summed E-state index contributed by atoms with van der Waals surface area (Å²) in [5.41, 5.74) is 4.08. The lowest BCUT2D eigenvalue weighted by molar-refractivity contribution is -0.0743. The van der Waals surface area contributed by atoms with E-state index in [0.717, 1.165) is 54.0 Å². The first-order valence-electron chi connectivity index (χ1n) is 12.2. The predicted octanol–water partition coefficient (Wildman–Crippen LogP) is 3.94. The molecule has 1 unspecified atom stereocenters. The first-order chi connectivity index (χ1) is 16.9. The third kappa shape index (κ3) is 4.42. The van der Waals surface area contributed by atoms with Gasteiger partial charge in [0.15, 0.2) is 5.52 Å². The lowest BCUT2D eigenvalue weighted by atomic mass is 9.87. The van der Waals surface area contributed by atoms with Crippen molar-refractivity contribution in [2.75, 3.05) is 14.2 Å². The third-order valence-electron chi connectivity index (χ3n) is 6.88. The number of hydroxylamine groups is 2. The molecular weight excluding hydrogens is 446 g/mol. The minimum Gasteiger partial charge on any atom is -0.481 e. The van der Waals surface area contributed by atoms with Gasteiger partial charge in [0.2, 0.25) is 17.7 Å². The van der Waals surface area contributed by atoms with Crippen LogP contribution in [-0.4, -0.2) is 62.1 Å². The maximum atomic E-state index is 6.38. The Bertz CT molecular complexity index is 1250. The molecule has 10 nitrogen and oxygen atoms in total. The van der Waals surface area contributed by atoms with Crippen LogP contribution in [0.1, 0.15) is 45.2 Å². The number of hydrogen-bond acceptors (Lipinski definition) is 9. The van der Waals surface area contributed by atoms with Crippen molar-refractivity contribution in [2.45, 2.75) is 58.7 Å². The lowest BCUT2D eigenvalue weighted by Crippen LogP contribution is -2.31. The number of pyridine rings is 1. The molecule has 1 fully saturated rings. The summed E-state index contributed by atoms with van der Waals surface area (Å²) in [6, 6.07) is 3.83. The molecule has 35 heavy (non-hydrogen) atoms. The van der Waals surface area contributed by atoms with Gasteiger partial charge in [-0.3, -0.25) is 4.68 Å². The third-order valence-corrected chi connectivity index (χ3v) is 6.88. The highest BCUT2D eigenvalue weighted by Crippen LogP contribution is 2.35. The standard InChI is InChI=1S/C25H33N7O3/c1-14(2)23-29-24(35-32(23)5)16-7-9-17(10-8-16)34-25-21-20(26-13-27-25)22(31(4)30-21)18-11-12-19(33-6)28-15(18)3/h11-14,16-17,23H,7-10H2,1-6H3. The summed E-state index contributed by atoms with van der Waals surface area (Å²) in [6.45, 7) is 6.28. The second kappa shape index (κ2) is 9.41. The van der Waals surface area contributed by atoms with E-state index >= 15 is 0 Å². The van der Waals surface area contributed by atoms with Crippen LogP contribution in [0.25, 0.3) is 22.3 Å². The van der Waals surface area contributed by atoms with Gasteiger partial charge in [-0.05, 0) is 44.6 Å². The predicted molar refractivity (Wildman–Crippen MR) is 132 cm³/mol. The molecule has 5 rings (SSSR count). The summed E-state index contributed by atoms with van der Waals surface area (Å²) in [6.07, 6.45) is 5.48. The van der Waals surface area contributed by atoms with E-state index in [1.165, 1.54) is 0 Å². The van der Waals surface area contributed by atoms with Gasteiger partial charge in [0.25, 0.3) is 0 Å². The molecule has 0 bridgehead atoms. The van der Waals surface area contributed by atoms with Gasteiger partial charge in [0, 0.05) is 31.6 Å². The van der Waals surface area contributed by atoms with Crippen molar-refractivity contribution in [1.29, 1.82) is 0 Å². The van der Waals surface area contributed by atoms with Gasteiger partial charge in [-0.15, -0.1) is 5.06 Å². The Morgan fingerprint density at radius 2 is 1.83 bits per heavy atom. The average molecular weight is 480 g/mol. The number of hydrogen-bond donors (Lipinski definition) is 0. The van der Waals surface area contributed by atoms with Gasteiger partial charge >= 0.3 is 0 Å². The molecule has 0 radical (unpaired) electrons. The SMILES string of the molecule is COc1ccc(-c2c3ncnc(OC4CCC(C5=NC(C(C)C)N(C)O5)CC4)c3nn2C)c(C)n1. The van der Waals surface area contributed by atoms with E-state index < -0.39 is 0 Å². The highest BCUT2D eigenvalue weighted by molar-refractivity contribution is 5.92. The van der Waals surface area contributed by atoms with Gasteiger partial charge < -0.3 is 14.3 Å². The molecule has 3 aromatic rings. The molecular formula is C25H33N7O3. The Labute approximate surface area is 205 Å². The number of rotatable bonds is 6. The molecule has 0 spiro atoms. The molecule has 0 N–H and O–H groups in total. The van der Waals surface area contributed by atoms with Crippen LogP contribution in [0.5, 0.6) is 11.8 Å². The number of aryl methyl sites for hydroxylation is 2. The van der Waals surface area contributed by atoms with Gasteiger partial charge in [-0.25, -0.2) is 15.0 Å². The summed E-state index contributed by atoms with van der Waals surface area (Å²) in [5.74, 6) is 2.71. The molecule has 1 aliphatic heterocycles. The summed E-state index contributed by atoms with van der Waals surface area (Å²) < 4.78 is 13.4. The van der Waals surface area contributed by atoms with E-state index in [0.29, 0.717) is 29.1 Å². The first kappa shape index (κ1) is 23.5. The zero-order valence-corrected chi connectivity index (χ0v) is 21.2. The molecule has 186 valence electrons. The van der Waals surface area contributed by atoms with E-state index in [2.05, 4.69) is 28.8 Å². The number of nitrogens with zero attached hydrogens (tertiary/aromatic N) is 7. The van der Waals surface area contributed by atoms with Crippen LogP contribution in [0.4, 0.5) is 0 Å². The summed E-state index contributed by atoms with van der Waals surface area (Å²) in [7, 11) is 5.47. The van der Waals surface area contributed by atoms with Gasteiger partial charge in [0.1, 0.15) is 24.1 Å². The molecule has 3 aromatic heterocycles. The Hall–Kier alpha value is -3.27. The van der Waals surface area contributed by atoms with Crippen molar-refractivity contribution < 1.29 is 14.3 Å². The summed E-state index contributed by atoms with van der Waals surface area (Å²) in [5, 5.41) is 6.59. The van der Waals surface area contributed by atoms with Crippen molar-refractivity contribution in [3.8, 4) is 23.0 Å². The number of methoxy groups -OCH3 is 1. The van der Waals surface area contributed by atoms with Gasteiger partial charge in [-0.1, -0.05) is 13.8 Å². The Morgan fingerprint density at radius 1 is 1.06 bits per heavy atom. The van der Waals surface area contributed by atoms with E-state index in [-0.39, 0.29) is 12.3 Å². The van der Waals surface area contributed by atoms with E-state index in [1.807, 2.05) is 42.9 Å². The molecule has 2 aliphatic rings. The second-order valence-corrected chi connectivity index (χ2v) is 9.69. The van der Waals surface area contributed by atoms with Crippen LogP contribution in [0.3, 0.4) is 0 Å². The van der Waals surface area contributed by atoms with Gasteiger partial charge in [-0.2, -0.15) is 10.1 Å². The zero-order valence-electron chi connectivity index (χ0n) is 21.2. The minimum absolute atomic E-state index is 0.0693. The Morgan fingerprint density at radius 3 is 2.49 bits per heavy atom. The van der Waals surface area contributed by atoms with Crippen LogP contribution in [0, 0.1) is 18.8 Å². The number of fused-ring (bicyclic) bond motifs is 1. The van der Waals surface area contributed by atoms with Crippen molar-refractivity contribution >= 4 is 16.9 Å². The van der Waals surface area contributed by atoms with Crippen LogP contribution >= 0.6 is 0 Å². The van der Waals surface area contributed by atoms with Crippen molar-refractivity contribution in [1.82, 2.24) is 29.8 Å². The van der Waals surface area contributed by atoms with Crippen molar-refractivity contribution in [3.05, 3.63) is 24.2 Å². The van der Waals surface area contributed by atoms with Crippen molar-refractivity contribution in [2.24, 2.45) is 23.9 Å². The van der Waals surface area contributed by atoms with Crippen molar-refractivity contribution in [3.63, 3.8) is 0 Å². The zero-order chi connectivity index (χ0) is 24.7. The Kier molecular flexibility index (Phi) is 6.31. The maximum Gasteiger partial charge on any atom is 0.245 e. The number of aromatic nitrogens is 5. The highest BCUT2D eigenvalue weighted by atomic mass is 16.7. The molecule has 10 heteroatoms. The highest BCUT2D eigenvalue weighted by Gasteiger charge is 2.35. The quantitative estimate of drug-likeness (QED) is 0.524. The number of aliphatic imine (C=N–C) groups is 1. The average Bonchev–Trinajstić information content (AvgIpc) is 3.40. The summed E-state index contributed by atoms with van der Waals surface area (Å²) in [4.78, 5) is 24.3. The molecule has 1 saturated carbocycles. The molecule has 1 aliphatic carbocycles. The summed E-state index contributed by atoms with van der Waals surface area (Å²) >= 11 is 0. The van der Waals surface area contributed by atoms with Crippen LogP contribution in [-0.2, 0) is 11.9 Å².